The Hall–Kier alpha value is -0.610. The van der Waals surface area contributed by atoms with Gasteiger partial charge in [0, 0.05) is 20.9 Å². The van der Waals surface area contributed by atoms with Crippen LogP contribution in [0.25, 0.3) is 0 Å². The first-order chi connectivity index (χ1) is 11.0. The highest BCUT2D eigenvalue weighted by Gasteiger charge is 2.10. The molecule has 2 nitrogen and oxygen atoms in total. The molecule has 2 aromatic carbocycles. The summed E-state index contributed by atoms with van der Waals surface area (Å²) in [4.78, 5) is 0.467. The van der Waals surface area contributed by atoms with E-state index < -0.39 is 0 Å². The van der Waals surface area contributed by atoms with E-state index >= 15 is 0 Å². The first kappa shape index (κ1) is 18.7. The number of rotatable bonds is 7. The summed E-state index contributed by atoms with van der Waals surface area (Å²) < 4.78 is 11.6. The minimum atomic E-state index is 0.437. The van der Waals surface area contributed by atoms with Crippen molar-refractivity contribution >= 4 is 50.7 Å². The zero-order chi connectivity index (χ0) is 16.8. The van der Waals surface area contributed by atoms with Gasteiger partial charge in [-0.1, -0.05) is 57.7 Å². The van der Waals surface area contributed by atoms with Crippen LogP contribution in [-0.2, 0) is 0 Å². The molecule has 6 heteroatoms. The molecule has 0 aliphatic heterocycles. The summed E-state index contributed by atoms with van der Waals surface area (Å²) in [7, 11) is 0. The van der Waals surface area contributed by atoms with Crippen molar-refractivity contribution in [2.45, 2.75) is 24.6 Å². The molecule has 2 aromatic rings. The molecular formula is C17H16BrCl3O2. The molecule has 2 rings (SSSR count). The van der Waals surface area contributed by atoms with Gasteiger partial charge in [-0.05, 0) is 43.2 Å². The Balaban J connectivity index is 2.11. The maximum Gasteiger partial charge on any atom is 0.169 e. The minimum Gasteiger partial charge on any atom is -0.490 e. The molecule has 0 radical (unpaired) electrons. The van der Waals surface area contributed by atoms with Crippen LogP contribution in [0.2, 0.25) is 15.1 Å². The number of ether oxygens (including phenoxy) is 2. The average molecular weight is 439 g/mol. The van der Waals surface area contributed by atoms with Crippen LogP contribution in [0.4, 0.5) is 0 Å². The van der Waals surface area contributed by atoms with Crippen molar-refractivity contribution in [2.24, 2.45) is 0 Å². The topological polar surface area (TPSA) is 18.5 Å². The van der Waals surface area contributed by atoms with Gasteiger partial charge in [-0.25, -0.2) is 0 Å². The molecule has 124 valence electrons. The fourth-order valence-electron chi connectivity index (χ4n) is 1.90. The Morgan fingerprint density at radius 3 is 2.26 bits per heavy atom. The van der Waals surface area contributed by atoms with Crippen molar-refractivity contribution in [3.8, 4) is 17.2 Å². The molecule has 0 saturated carbocycles. The Morgan fingerprint density at radius 2 is 1.61 bits per heavy atom. The van der Waals surface area contributed by atoms with Gasteiger partial charge in [-0.15, -0.1) is 0 Å². The van der Waals surface area contributed by atoms with Crippen LogP contribution in [0.5, 0.6) is 17.2 Å². The lowest BCUT2D eigenvalue weighted by Gasteiger charge is -2.14. The van der Waals surface area contributed by atoms with Crippen molar-refractivity contribution in [3.05, 3.63) is 51.5 Å². The second-order valence-electron chi connectivity index (χ2n) is 5.04. The van der Waals surface area contributed by atoms with E-state index in [0.717, 1.165) is 12.8 Å². The molecule has 1 unspecified atom stereocenters. The summed E-state index contributed by atoms with van der Waals surface area (Å²) in [5.41, 5.74) is 0. The number of alkyl halides is 1. The maximum atomic E-state index is 6.14. The summed E-state index contributed by atoms with van der Waals surface area (Å²) in [6.07, 6.45) is 1.96. The van der Waals surface area contributed by atoms with Crippen LogP contribution in [0.1, 0.15) is 19.8 Å². The molecule has 23 heavy (non-hydrogen) atoms. The maximum absolute atomic E-state index is 6.14. The van der Waals surface area contributed by atoms with Crippen molar-refractivity contribution < 1.29 is 9.47 Å². The van der Waals surface area contributed by atoms with E-state index in [9.17, 15) is 0 Å². The van der Waals surface area contributed by atoms with Crippen molar-refractivity contribution in [3.63, 3.8) is 0 Å². The highest BCUT2D eigenvalue weighted by atomic mass is 79.9. The SMILES string of the molecule is CC(Br)CCCOc1cc(Cl)ccc1Oc1ccc(Cl)cc1Cl. The lowest BCUT2D eigenvalue weighted by atomic mass is 10.2. The number of benzene rings is 2. The summed E-state index contributed by atoms with van der Waals surface area (Å²) in [5.74, 6) is 1.66. The van der Waals surface area contributed by atoms with Gasteiger partial charge in [0.1, 0.15) is 5.75 Å². The molecule has 0 bridgehead atoms. The first-order valence-electron chi connectivity index (χ1n) is 7.15. The van der Waals surface area contributed by atoms with Crippen LogP contribution in [0.3, 0.4) is 0 Å². The van der Waals surface area contributed by atoms with Crippen LogP contribution in [0.15, 0.2) is 36.4 Å². The normalized spacial score (nSPS) is 12.0. The number of halogens is 4. The smallest absolute Gasteiger partial charge is 0.169 e. The molecule has 0 aliphatic carbocycles. The zero-order valence-corrected chi connectivity index (χ0v) is 16.3. The highest BCUT2D eigenvalue weighted by Crippen LogP contribution is 2.37. The van der Waals surface area contributed by atoms with Crippen LogP contribution in [-0.4, -0.2) is 11.4 Å². The molecule has 0 amide bonds. The molecular weight excluding hydrogens is 422 g/mol. The average Bonchev–Trinajstić information content (AvgIpc) is 2.48. The fourth-order valence-corrected chi connectivity index (χ4v) is 2.84. The predicted molar refractivity (Wildman–Crippen MR) is 101 cm³/mol. The second kappa shape index (κ2) is 9.03. The largest absolute Gasteiger partial charge is 0.490 e. The van der Waals surface area contributed by atoms with Gasteiger partial charge in [0.15, 0.2) is 11.5 Å². The zero-order valence-electron chi connectivity index (χ0n) is 12.5. The minimum absolute atomic E-state index is 0.437. The van der Waals surface area contributed by atoms with Crippen LogP contribution >= 0.6 is 50.7 Å². The van der Waals surface area contributed by atoms with E-state index in [-0.39, 0.29) is 0 Å². The van der Waals surface area contributed by atoms with Gasteiger partial charge >= 0.3 is 0 Å². The van der Waals surface area contributed by atoms with Crippen molar-refractivity contribution in [2.75, 3.05) is 6.61 Å². The molecule has 0 fully saturated rings. The Morgan fingerprint density at radius 1 is 0.957 bits per heavy atom. The number of hydrogen-bond donors (Lipinski definition) is 0. The quantitative estimate of drug-likeness (QED) is 0.332. The third-order valence-corrected chi connectivity index (χ3v) is 4.25. The highest BCUT2D eigenvalue weighted by molar-refractivity contribution is 9.09. The summed E-state index contributed by atoms with van der Waals surface area (Å²) >= 11 is 21.6. The molecule has 0 N–H and O–H groups in total. The van der Waals surface area contributed by atoms with Gasteiger partial charge in [0.25, 0.3) is 0 Å². The molecule has 1 atom stereocenters. The lowest BCUT2D eigenvalue weighted by molar-refractivity contribution is 0.293. The second-order valence-corrected chi connectivity index (χ2v) is 7.88. The number of hydrogen-bond acceptors (Lipinski definition) is 2. The standard InChI is InChI=1S/C17H16BrCl3O2/c1-11(18)3-2-8-22-17-10-13(20)5-7-16(17)23-15-6-4-12(19)9-14(15)21/h4-7,9-11H,2-3,8H2,1H3. The van der Waals surface area contributed by atoms with E-state index in [2.05, 4.69) is 22.9 Å². The predicted octanol–water partition coefficient (Wildman–Crippen LogP) is 7.38. The van der Waals surface area contributed by atoms with E-state index in [4.69, 9.17) is 44.3 Å². The van der Waals surface area contributed by atoms with Gasteiger partial charge in [-0.3, -0.25) is 0 Å². The Kier molecular flexibility index (Phi) is 7.35. The molecule has 0 aliphatic rings. The van der Waals surface area contributed by atoms with Crippen molar-refractivity contribution in [1.29, 1.82) is 0 Å². The van der Waals surface area contributed by atoms with E-state index in [1.807, 2.05) is 0 Å². The Labute approximate surface area is 159 Å². The molecule has 0 spiro atoms. The molecule has 0 aromatic heterocycles. The van der Waals surface area contributed by atoms with Crippen molar-refractivity contribution in [1.82, 2.24) is 0 Å². The van der Waals surface area contributed by atoms with Gasteiger partial charge in [-0.2, -0.15) is 0 Å². The lowest BCUT2D eigenvalue weighted by Crippen LogP contribution is -2.01. The summed E-state index contributed by atoms with van der Waals surface area (Å²) in [6.45, 7) is 2.69. The monoisotopic (exact) mass is 436 g/mol. The van der Waals surface area contributed by atoms with E-state index in [1.54, 1.807) is 36.4 Å². The first-order valence-corrected chi connectivity index (χ1v) is 9.20. The van der Waals surface area contributed by atoms with Crippen LogP contribution in [0, 0.1) is 0 Å². The molecule has 0 saturated heterocycles. The summed E-state index contributed by atoms with van der Waals surface area (Å²) in [6, 6.07) is 10.3. The van der Waals surface area contributed by atoms with Crippen LogP contribution < -0.4 is 9.47 Å². The van der Waals surface area contributed by atoms with E-state index in [0.29, 0.717) is 43.8 Å². The van der Waals surface area contributed by atoms with Gasteiger partial charge in [0.05, 0.1) is 11.6 Å². The summed E-state index contributed by atoms with van der Waals surface area (Å²) in [5, 5.41) is 1.58. The van der Waals surface area contributed by atoms with Gasteiger partial charge < -0.3 is 9.47 Å². The fraction of sp³-hybridized carbons (Fsp3) is 0.294. The third kappa shape index (κ3) is 6.07. The third-order valence-electron chi connectivity index (χ3n) is 3.02. The Bertz CT molecular complexity index is 662. The van der Waals surface area contributed by atoms with E-state index in [1.165, 1.54) is 0 Å². The molecule has 0 heterocycles. The van der Waals surface area contributed by atoms with Gasteiger partial charge in [0.2, 0.25) is 0 Å².